The van der Waals surface area contributed by atoms with Gasteiger partial charge in [-0.2, -0.15) is 0 Å². The van der Waals surface area contributed by atoms with E-state index in [1.165, 1.54) is 16.5 Å². The molecule has 0 fully saturated rings. The second-order valence-electron chi connectivity index (χ2n) is 7.13. The molecular formula is C23H30IN5O. The molecule has 0 aliphatic heterocycles. The minimum atomic E-state index is 0. The smallest absolute Gasteiger partial charge is 0.253 e. The molecule has 0 radical (unpaired) electrons. The van der Waals surface area contributed by atoms with Gasteiger partial charge in [-0.05, 0) is 42.7 Å². The third-order valence-electron chi connectivity index (χ3n) is 4.73. The molecule has 3 rings (SSSR count). The van der Waals surface area contributed by atoms with E-state index < -0.39 is 0 Å². The number of hydrogen-bond donors (Lipinski definition) is 3. The molecule has 3 N–H and O–H groups in total. The summed E-state index contributed by atoms with van der Waals surface area (Å²) in [7, 11) is 3.51. The monoisotopic (exact) mass is 519 g/mol. The van der Waals surface area contributed by atoms with Crippen LogP contribution in [0.3, 0.4) is 0 Å². The van der Waals surface area contributed by atoms with Crippen molar-refractivity contribution in [1.82, 2.24) is 20.5 Å². The van der Waals surface area contributed by atoms with Gasteiger partial charge in [-0.3, -0.25) is 4.79 Å². The zero-order valence-electron chi connectivity index (χ0n) is 17.7. The molecule has 0 saturated carbocycles. The maximum Gasteiger partial charge on any atom is 0.253 e. The van der Waals surface area contributed by atoms with Crippen molar-refractivity contribution >= 4 is 46.7 Å². The fraction of sp³-hybridized carbons (Fsp3) is 0.304. The Hall–Kier alpha value is -2.55. The van der Waals surface area contributed by atoms with Crippen molar-refractivity contribution in [2.75, 3.05) is 27.2 Å². The molecule has 0 saturated heterocycles. The van der Waals surface area contributed by atoms with Gasteiger partial charge in [0.2, 0.25) is 0 Å². The lowest BCUT2D eigenvalue weighted by atomic mass is 10.1. The van der Waals surface area contributed by atoms with E-state index in [1.54, 1.807) is 19.0 Å². The minimum Gasteiger partial charge on any atom is -0.361 e. The van der Waals surface area contributed by atoms with Crippen LogP contribution in [0, 0.1) is 0 Å². The van der Waals surface area contributed by atoms with Crippen LogP contribution in [-0.4, -0.2) is 48.9 Å². The average molecular weight is 519 g/mol. The van der Waals surface area contributed by atoms with E-state index in [4.69, 9.17) is 0 Å². The third kappa shape index (κ3) is 6.22. The van der Waals surface area contributed by atoms with Gasteiger partial charge in [0.15, 0.2) is 5.96 Å². The zero-order valence-corrected chi connectivity index (χ0v) is 20.1. The second kappa shape index (κ2) is 11.6. The first-order chi connectivity index (χ1) is 14.1. The number of para-hydroxylation sites is 1. The topological polar surface area (TPSA) is 72.5 Å². The Kier molecular flexibility index (Phi) is 9.16. The van der Waals surface area contributed by atoms with Crippen LogP contribution in [0.4, 0.5) is 0 Å². The van der Waals surface area contributed by atoms with Crippen LogP contribution in [0.5, 0.6) is 0 Å². The molecule has 0 aliphatic carbocycles. The fourth-order valence-corrected chi connectivity index (χ4v) is 3.18. The summed E-state index contributed by atoms with van der Waals surface area (Å²) in [6.45, 7) is 4.20. The fourth-order valence-electron chi connectivity index (χ4n) is 3.18. The van der Waals surface area contributed by atoms with E-state index in [2.05, 4.69) is 51.9 Å². The number of rotatable bonds is 7. The number of H-pyrrole nitrogens is 1. The maximum absolute atomic E-state index is 12.0. The number of nitrogens with one attached hydrogen (secondary N) is 3. The molecule has 1 heterocycles. The average Bonchev–Trinajstić information content (AvgIpc) is 3.15. The number of hydrogen-bond acceptors (Lipinski definition) is 2. The Morgan fingerprint density at radius 3 is 2.50 bits per heavy atom. The number of fused-ring (bicyclic) bond motifs is 1. The van der Waals surface area contributed by atoms with Gasteiger partial charge in [-0.15, -0.1) is 24.0 Å². The van der Waals surface area contributed by atoms with Crippen LogP contribution < -0.4 is 10.6 Å². The first kappa shape index (κ1) is 23.7. The molecule has 1 aromatic heterocycles. The molecular weight excluding hydrogens is 489 g/mol. The summed E-state index contributed by atoms with van der Waals surface area (Å²) in [5, 5.41) is 7.95. The summed E-state index contributed by atoms with van der Waals surface area (Å²) in [5.41, 5.74) is 4.21. The molecule has 0 aliphatic rings. The number of nitrogens with zero attached hydrogens (tertiary/aromatic N) is 2. The first-order valence-corrected chi connectivity index (χ1v) is 9.96. The predicted molar refractivity (Wildman–Crippen MR) is 135 cm³/mol. The lowest BCUT2D eigenvalue weighted by molar-refractivity contribution is 0.0827. The van der Waals surface area contributed by atoms with Crippen LogP contribution in [0.2, 0.25) is 0 Å². The van der Waals surface area contributed by atoms with Crippen LogP contribution in [0.15, 0.2) is 59.7 Å². The Bertz CT molecular complexity index is 979. The molecule has 160 valence electrons. The Morgan fingerprint density at radius 1 is 1.07 bits per heavy atom. The minimum absolute atomic E-state index is 0. The highest BCUT2D eigenvalue weighted by atomic mass is 127. The van der Waals surface area contributed by atoms with Crippen molar-refractivity contribution in [3.8, 4) is 0 Å². The van der Waals surface area contributed by atoms with Crippen LogP contribution in [0.25, 0.3) is 10.9 Å². The number of guanidine groups is 1. The van der Waals surface area contributed by atoms with Crippen molar-refractivity contribution in [1.29, 1.82) is 0 Å². The number of aromatic amines is 1. The highest BCUT2D eigenvalue weighted by Crippen LogP contribution is 2.17. The summed E-state index contributed by atoms with van der Waals surface area (Å²) < 4.78 is 0. The summed E-state index contributed by atoms with van der Waals surface area (Å²) in [5.74, 6) is 0.799. The number of aliphatic imine (C=N–C) groups is 1. The van der Waals surface area contributed by atoms with Gasteiger partial charge in [-0.25, -0.2) is 4.99 Å². The second-order valence-corrected chi connectivity index (χ2v) is 7.13. The molecule has 1 amide bonds. The first-order valence-electron chi connectivity index (χ1n) is 9.96. The standard InChI is InChI=1S/C23H29N5O.HI/c1-4-24-23(25-14-13-19-16-26-21-8-6-5-7-20(19)21)27-15-17-9-11-18(12-10-17)22(29)28(2)3;/h5-12,16,26H,4,13-15H2,1-3H3,(H2,24,25,27);1H. The summed E-state index contributed by atoms with van der Waals surface area (Å²) in [6, 6.07) is 16.0. The van der Waals surface area contributed by atoms with Crippen LogP contribution in [-0.2, 0) is 13.0 Å². The van der Waals surface area contributed by atoms with E-state index in [9.17, 15) is 4.79 Å². The lowest BCUT2D eigenvalue weighted by Gasteiger charge is -2.12. The van der Waals surface area contributed by atoms with E-state index in [0.29, 0.717) is 12.1 Å². The third-order valence-corrected chi connectivity index (χ3v) is 4.73. The van der Waals surface area contributed by atoms with Crippen molar-refractivity contribution < 1.29 is 4.79 Å². The van der Waals surface area contributed by atoms with Crippen molar-refractivity contribution in [2.24, 2.45) is 4.99 Å². The quantitative estimate of drug-likeness (QED) is 0.253. The summed E-state index contributed by atoms with van der Waals surface area (Å²) >= 11 is 0. The summed E-state index contributed by atoms with van der Waals surface area (Å²) in [4.78, 5) is 21.5. The van der Waals surface area contributed by atoms with Gasteiger partial charge in [0.05, 0.1) is 6.54 Å². The van der Waals surface area contributed by atoms with Crippen molar-refractivity contribution in [2.45, 2.75) is 19.9 Å². The Morgan fingerprint density at radius 2 is 1.80 bits per heavy atom. The predicted octanol–water partition coefficient (Wildman–Crippen LogP) is 3.79. The SMILES string of the molecule is CCNC(=NCc1ccc(C(=O)N(C)C)cc1)NCCc1c[nH]c2ccccc12.I. The van der Waals surface area contributed by atoms with Gasteiger partial charge in [-0.1, -0.05) is 30.3 Å². The van der Waals surface area contributed by atoms with Gasteiger partial charge in [0.25, 0.3) is 5.91 Å². The van der Waals surface area contributed by atoms with Gasteiger partial charge >= 0.3 is 0 Å². The number of amides is 1. The number of halogens is 1. The van der Waals surface area contributed by atoms with Gasteiger partial charge in [0.1, 0.15) is 0 Å². The molecule has 0 bridgehead atoms. The van der Waals surface area contributed by atoms with Gasteiger partial charge in [0, 0.05) is 49.8 Å². The number of carbonyl (C=O) groups excluding carboxylic acids is 1. The molecule has 0 spiro atoms. The number of carbonyl (C=O) groups is 1. The Labute approximate surface area is 195 Å². The highest BCUT2D eigenvalue weighted by molar-refractivity contribution is 14.0. The normalized spacial score (nSPS) is 11.1. The number of aromatic nitrogens is 1. The van der Waals surface area contributed by atoms with E-state index in [-0.39, 0.29) is 29.9 Å². The van der Waals surface area contributed by atoms with E-state index >= 15 is 0 Å². The molecule has 7 heteroatoms. The largest absolute Gasteiger partial charge is 0.361 e. The van der Waals surface area contributed by atoms with E-state index in [1.807, 2.05) is 30.3 Å². The van der Waals surface area contributed by atoms with Crippen LogP contribution >= 0.6 is 24.0 Å². The molecule has 6 nitrogen and oxygen atoms in total. The zero-order chi connectivity index (χ0) is 20.6. The van der Waals surface area contributed by atoms with Crippen molar-refractivity contribution in [3.05, 3.63) is 71.4 Å². The lowest BCUT2D eigenvalue weighted by Crippen LogP contribution is -2.38. The molecule has 3 aromatic rings. The number of benzene rings is 2. The van der Waals surface area contributed by atoms with Crippen molar-refractivity contribution in [3.63, 3.8) is 0 Å². The molecule has 0 unspecified atom stereocenters. The highest BCUT2D eigenvalue weighted by Gasteiger charge is 2.07. The molecule has 0 atom stereocenters. The molecule has 2 aromatic carbocycles. The Balaban J connectivity index is 0.00000320. The summed E-state index contributed by atoms with van der Waals surface area (Å²) in [6.07, 6.45) is 2.99. The van der Waals surface area contributed by atoms with Crippen LogP contribution in [0.1, 0.15) is 28.4 Å². The van der Waals surface area contributed by atoms with E-state index in [0.717, 1.165) is 31.0 Å². The maximum atomic E-state index is 12.0. The van der Waals surface area contributed by atoms with Gasteiger partial charge < -0.3 is 20.5 Å². The molecule has 30 heavy (non-hydrogen) atoms.